The van der Waals surface area contributed by atoms with Crippen LogP contribution in [0, 0.1) is 0 Å². The molecular formula is C13H25N3O3S. The van der Waals surface area contributed by atoms with Gasteiger partial charge < -0.3 is 10.6 Å². The van der Waals surface area contributed by atoms with Gasteiger partial charge in [-0.2, -0.15) is 0 Å². The molecule has 0 saturated carbocycles. The van der Waals surface area contributed by atoms with Crippen molar-refractivity contribution in [3.05, 3.63) is 0 Å². The van der Waals surface area contributed by atoms with Crippen molar-refractivity contribution in [2.75, 3.05) is 38.2 Å². The van der Waals surface area contributed by atoms with Gasteiger partial charge in [0.05, 0.1) is 18.1 Å². The van der Waals surface area contributed by atoms with Gasteiger partial charge in [0, 0.05) is 25.7 Å². The van der Waals surface area contributed by atoms with E-state index in [1.165, 1.54) is 6.42 Å². The number of likely N-dealkylation sites (tertiary alicyclic amines) is 1. The lowest BCUT2D eigenvalue weighted by molar-refractivity contribution is -0.133. The van der Waals surface area contributed by atoms with Gasteiger partial charge in [0.2, 0.25) is 5.91 Å². The van der Waals surface area contributed by atoms with Gasteiger partial charge >= 0.3 is 0 Å². The van der Waals surface area contributed by atoms with Crippen molar-refractivity contribution >= 4 is 15.7 Å². The predicted molar refractivity (Wildman–Crippen MR) is 78.1 cm³/mol. The van der Waals surface area contributed by atoms with E-state index in [0.717, 1.165) is 19.4 Å². The average Bonchev–Trinajstić information content (AvgIpc) is 2.78. The monoisotopic (exact) mass is 303 g/mol. The van der Waals surface area contributed by atoms with Gasteiger partial charge in [-0.05, 0) is 25.8 Å². The van der Waals surface area contributed by atoms with Crippen molar-refractivity contribution in [3.63, 3.8) is 0 Å². The second-order valence-corrected chi connectivity index (χ2v) is 8.15. The molecule has 0 spiro atoms. The van der Waals surface area contributed by atoms with Crippen LogP contribution in [0.25, 0.3) is 0 Å². The van der Waals surface area contributed by atoms with Crippen molar-refractivity contribution in [1.29, 1.82) is 0 Å². The minimum absolute atomic E-state index is 0.00690. The number of likely N-dealkylation sites (N-methyl/N-ethyl adjacent to an activating group) is 1. The molecule has 1 amide bonds. The molecular weight excluding hydrogens is 278 g/mol. The Labute approximate surface area is 121 Å². The number of nitrogens with zero attached hydrogens (tertiary/aromatic N) is 2. The van der Waals surface area contributed by atoms with E-state index in [0.29, 0.717) is 19.5 Å². The summed E-state index contributed by atoms with van der Waals surface area (Å²) in [6.07, 6.45) is 3.88. The zero-order valence-corrected chi connectivity index (χ0v) is 12.9. The molecule has 0 aromatic rings. The number of rotatable bonds is 4. The van der Waals surface area contributed by atoms with Crippen LogP contribution in [0.4, 0.5) is 0 Å². The third kappa shape index (κ3) is 3.71. The molecule has 0 radical (unpaired) electrons. The largest absolute Gasteiger partial charge is 0.341 e. The Balaban J connectivity index is 1.90. The van der Waals surface area contributed by atoms with Crippen LogP contribution in [0.15, 0.2) is 0 Å². The summed E-state index contributed by atoms with van der Waals surface area (Å²) in [5.74, 6) is 0.312. The van der Waals surface area contributed by atoms with Crippen LogP contribution in [0.5, 0.6) is 0 Å². The Morgan fingerprint density at radius 3 is 2.70 bits per heavy atom. The van der Waals surface area contributed by atoms with E-state index in [2.05, 4.69) is 4.90 Å². The molecule has 0 aromatic heterocycles. The Morgan fingerprint density at radius 1 is 1.35 bits per heavy atom. The number of piperidine rings is 1. The van der Waals surface area contributed by atoms with Crippen LogP contribution in [0.3, 0.4) is 0 Å². The molecule has 6 nitrogen and oxygen atoms in total. The van der Waals surface area contributed by atoms with Crippen molar-refractivity contribution in [2.45, 2.75) is 37.8 Å². The highest BCUT2D eigenvalue weighted by molar-refractivity contribution is 7.91. The normalized spacial score (nSPS) is 30.3. The molecule has 0 aromatic carbocycles. The first kappa shape index (κ1) is 15.7. The third-order valence-corrected chi connectivity index (χ3v) is 6.26. The maximum Gasteiger partial charge on any atom is 0.236 e. The number of carbonyl (C=O) groups excluding carboxylic acids is 1. The molecule has 2 rings (SSSR count). The standard InChI is InChI=1S/C13H25N3O3S/c1-15(12-5-7-20(18,19)10-12)13(17)9-16-6-3-2-4-11(16)8-14/h11-12H,2-10,14H2,1H3. The van der Waals surface area contributed by atoms with Crippen molar-refractivity contribution < 1.29 is 13.2 Å². The molecule has 2 saturated heterocycles. The van der Waals surface area contributed by atoms with Gasteiger partial charge in [-0.3, -0.25) is 9.69 Å². The van der Waals surface area contributed by atoms with Gasteiger partial charge in [-0.15, -0.1) is 0 Å². The molecule has 116 valence electrons. The molecule has 2 unspecified atom stereocenters. The first-order valence-electron chi connectivity index (χ1n) is 7.33. The van der Waals surface area contributed by atoms with E-state index >= 15 is 0 Å². The molecule has 0 aliphatic carbocycles. The summed E-state index contributed by atoms with van der Waals surface area (Å²) < 4.78 is 23.0. The Kier molecular flexibility index (Phi) is 5.04. The van der Waals surface area contributed by atoms with Crippen molar-refractivity contribution in [3.8, 4) is 0 Å². The fraction of sp³-hybridized carbons (Fsp3) is 0.923. The van der Waals surface area contributed by atoms with E-state index in [1.54, 1.807) is 11.9 Å². The summed E-state index contributed by atoms with van der Waals surface area (Å²) in [6, 6.07) is 0.127. The highest BCUT2D eigenvalue weighted by Gasteiger charge is 2.33. The number of amides is 1. The van der Waals surface area contributed by atoms with Crippen LogP contribution < -0.4 is 5.73 Å². The van der Waals surface area contributed by atoms with Crippen LogP contribution >= 0.6 is 0 Å². The second-order valence-electron chi connectivity index (χ2n) is 5.92. The van der Waals surface area contributed by atoms with Gasteiger partial charge in [-0.25, -0.2) is 8.42 Å². The summed E-state index contributed by atoms with van der Waals surface area (Å²) in [5.41, 5.74) is 5.76. The second kappa shape index (κ2) is 6.41. The number of sulfone groups is 1. The molecule has 2 N–H and O–H groups in total. The zero-order valence-electron chi connectivity index (χ0n) is 12.1. The van der Waals surface area contributed by atoms with E-state index in [4.69, 9.17) is 5.73 Å². The lowest BCUT2D eigenvalue weighted by Gasteiger charge is -2.36. The first-order valence-corrected chi connectivity index (χ1v) is 9.15. The number of carbonyl (C=O) groups is 1. The van der Waals surface area contributed by atoms with Crippen molar-refractivity contribution in [1.82, 2.24) is 9.80 Å². The Hall–Kier alpha value is -0.660. The highest BCUT2D eigenvalue weighted by atomic mass is 32.2. The zero-order chi connectivity index (χ0) is 14.8. The SMILES string of the molecule is CN(C(=O)CN1CCCCC1CN)C1CCS(=O)(=O)C1. The highest BCUT2D eigenvalue weighted by Crippen LogP contribution is 2.19. The fourth-order valence-corrected chi connectivity index (χ4v) is 4.88. The van der Waals surface area contributed by atoms with Crippen LogP contribution in [0.1, 0.15) is 25.7 Å². The van der Waals surface area contributed by atoms with E-state index in [1.807, 2.05) is 0 Å². The Morgan fingerprint density at radius 2 is 2.10 bits per heavy atom. The summed E-state index contributed by atoms with van der Waals surface area (Å²) in [5, 5.41) is 0. The lowest BCUT2D eigenvalue weighted by Crippen LogP contribution is -2.50. The fourth-order valence-electron chi connectivity index (χ4n) is 3.10. The lowest BCUT2D eigenvalue weighted by atomic mass is 10.0. The maximum absolute atomic E-state index is 12.3. The predicted octanol–water partition coefficient (Wildman–Crippen LogP) is -0.555. The summed E-state index contributed by atoms with van der Waals surface area (Å²) in [4.78, 5) is 16.1. The molecule has 2 atom stereocenters. The van der Waals surface area contributed by atoms with Gasteiger partial charge in [0.15, 0.2) is 9.84 Å². The van der Waals surface area contributed by atoms with E-state index < -0.39 is 9.84 Å². The smallest absolute Gasteiger partial charge is 0.236 e. The molecule has 0 bridgehead atoms. The summed E-state index contributed by atoms with van der Waals surface area (Å²) >= 11 is 0. The molecule has 7 heteroatoms. The van der Waals surface area contributed by atoms with Crippen LogP contribution in [-0.2, 0) is 14.6 Å². The summed E-state index contributed by atoms with van der Waals surface area (Å²) in [7, 11) is -1.23. The minimum atomic E-state index is -2.95. The molecule has 20 heavy (non-hydrogen) atoms. The van der Waals surface area contributed by atoms with E-state index in [-0.39, 0.29) is 29.5 Å². The Bertz CT molecular complexity index is 452. The number of nitrogens with two attached hydrogens (primary N) is 1. The average molecular weight is 303 g/mol. The quantitative estimate of drug-likeness (QED) is 0.753. The van der Waals surface area contributed by atoms with Crippen LogP contribution in [-0.4, -0.2) is 74.4 Å². The number of hydrogen-bond acceptors (Lipinski definition) is 5. The van der Waals surface area contributed by atoms with Crippen LogP contribution in [0.2, 0.25) is 0 Å². The topological polar surface area (TPSA) is 83.7 Å². The van der Waals surface area contributed by atoms with E-state index in [9.17, 15) is 13.2 Å². The maximum atomic E-state index is 12.3. The molecule has 2 aliphatic heterocycles. The molecule has 2 heterocycles. The molecule has 2 aliphatic rings. The summed E-state index contributed by atoms with van der Waals surface area (Å²) in [6.45, 7) is 1.84. The first-order chi connectivity index (χ1) is 9.43. The van der Waals surface area contributed by atoms with Gasteiger partial charge in [0.25, 0.3) is 0 Å². The van der Waals surface area contributed by atoms with Gasteiger partial charge in [0.1, 0.15) is 0 Å². The minimum Gasteiger partial charge on any atom is -0.341 e. The van der Waals surface area contributed by atoms with Crippen molar-refractivity contribution in [2.24, 2.45) is 5.73 Å². The number of hydrogen-bond donors (Lipinski definition) is 1. The molecule has 2 fully saturated rings. The third-order valence-electron chi connectivity index (χ3n) is 4.51. The van der Waals surface area contributed by atoms with Gasteiger partial charge in [-0.1, -0.05) is 6.42 Å².